The van der Waals surface area contributed by atoms with Crippen molar-refractivity contribution in [2.45, 2.75) is 50.1 Å². The molecule has 0 fully saturated rings. The van der Waals surface area contributed by atoms with Gasteiger partial charge in [0.2, 0.25) is 10.0 Å². The van der Waals surface area contributed by atoms with Gasteiger partial charge in [0.15, 0.2) is 5.82 Å². The molecule has 3 aromatic rings. The Morgan fingerprint density at radius 3 is 3.04 bits per heavy atom. The van der Waals surface area contributed by atoms with Crippen LogP contribution in [0.4, 0.5) is 0 Å². The van der Waals surface area contributed by atoms with E-state index in [2.05, 4.69) is 24.8 Å². The number of nitrogens with one attached hydrogen (secondary N) is 2. The van der Waals surface area contributed by atoms with Crippen molar-refractivity contribution in [1.29, 1.82) is 0 Å². The summed E-state index contributed by atoms with van der Waals surface area (Å²) in [4.78, 5) is 11.8. The second-order valence-electron chi connectivity index (χ2n) is 6.57. The molecule has 4 heterocycles. The lowest BCUT2D eigenvalue weighted by molar-refractivity contribution is 0.399. The molecule has 0 aliphatic carbocycles. The molecule has 4 rings (SSSR count). The van der Waals surface area contributed by atoms with Gasteiger partial charge in [0, 0.05) is 30.2 Å². The summed E-state index contributed by atoms with van der Waals surface area (Å²) in [5.41, 5.74) is 0.553. The number of hydrogen-bond acceptors (Lipinski definition) is 5. The van der Waals surface area contributed by atoms with E-state index in [1.165, 1.54) is 6.20 Å². The zero-order valence-corrected chi connectivity index (χ0v) is 14.9. The topological polar surface area (TPSA) is 106 Å². The highest BCUT2D eigenvalue weighted by atomic mass is 32.2. The molecule has 9 heteroatoms. The van der Waals surface area contributed by atoms with Crippen LogP contribution in [0, 0.1) is 0 Å². The smallest absolute Gasteiger partial charge is 0.243 e. The molecule has 3 aromatic heterocycles. The fourth-order valence-electron chi connectivity index (χ4n) is 3.13. The summed E-state index contributed by atoms with van der Waals surface area (Å²) in [5, 5.41) is 5.08. The van der Waals surface area contributed by atoms with Gasteiger partial charge >= 0.3 is 0 Å². The van der Waals surface area contributed by atoms with Gasteiger partial charge in [-0.25, -0.2) is 27.8 Å². The standard InChI is InChI=1S/C16H20N6O2S/c1-10(2)14-19-16-12(6-4-8-22(16)20-14)21-25(23,24)13-9-18-15-11(13)5-3-7-17-15/h3,5,7,9-10,12,21H,4,6,8H2,1-2H3,(H,17,18)/t12-/m0/s1. The van der Waals surface area contributed by atoms with Crippen molar-refractivity contribution in [1.82, 2.24) is 29.5 Å². The van der Waals surface area contributed by atoms with Crippen LogP contribution in [0.3, 0.4) is 0 Å². The molecule has 2 N–H and O–H groups in total. The van der Waals surface area contributed by atoms with Crippen LogP contribution in [-0.4, -0.2) is 33.2 Å². The normalized spacial score (nSPS) is 18.0. The van der Waals surface area contributed by atoms with Crippen molar-refractivity contribution < 1.29 is 8.42 Å². The van der Waals surface area contributed by atoms with Gasteiger partial charge in [-0.1, -0.05) is 13.8 Å². The van der Waals surface area contributed by atoms with Gasteiger partial charge < -0.3 is 4.98 Å². The molecule has 0 saturated carbocycles. The molecule has 1 aliphatic rings. The first-order valence-corrected chi connectivity index (χ1v) is 9.83. The molecule has 25 heavy (non-hydrogen) atoms. The van der Waals surface area contributed by atoms with E-state index in [1.807, 2.05) is 18.5 Å². The van der Waals surface area contributed by atoms with Crippen molar-refractivity contribution in [3.05, 3.63) is 36.2 Å². The number of pyridine rings is 1. The number of aromatic nitrogens is 5. The fourth-order valence-corrected chi connectivity index (χ4v) is 4.52. The zero-order chi connectivity index (χ0) is 17.6. The van der Waals surface area contributed by atoms with Crippen LogP contribution in [0.25, 0.3) is 11.0 Å². The second kappa shape index (κ2) is 5.92. The summed E-state index contributed by atoms with van der Waals surface area (Å²) in [6.07, 6.45) is 4.67. The van der Waals surface area contributed by atoms with Crippen LogP contribution in [0.2, 0.25) is 0 Å². The van der Waals surface area contributed by atoms with E-state index in [-0.39, 0.29) is 16.9 Å². The molecule has 0 bridgehead atoms. The van der Waals surface area contributed by atoms with Gasteiger partial charge in [-0.3, -0.25) is 0 Å². The second-order valence-corrected chi connectivity index (χ2v) is 8.26. The average molecular weight is 360 g/mol. The monoisotopic (exact) mass is 360 g/mol. The van der Waals surface area contributed by atoms with Crippen molar-refractivity contribution in [3.63, 3.8) is 0 Å². The molecular weight excluding hydrogens is 340 g/mol. The Kier molecular flexibility index (Phi) is 3.84. The number of fused-ring (bicyclic) bond motifs is 2. The van der Waals surface area contributed by atoms with Gasteiger partial charge in [-0.15, -0.1) is 0 Å². The number of sulfonamides is 1. The van der Waals surface area contributed by atoms with E-state index in [0.717, 1.165) is 18.8 Å². The molecule has 1 aliphatic heterocycles. The Morgan fingerprint density at radius 2 is 2.24 bits per heavy atom. The van der Waals surface area contributed by atoms with E-state index in [4.69, 9.17) is 0 Å². The highest BCUT2D eigenvalue weighted by Gasteiger charge is 2.30. The predicted molar refractivity (Wildman–Crippen MR) is 92.5 cm³/mol. The summed E-state index contributed by atoms with van der Waals surface area (Å²) >= 11 is 0. The molecule has 0 saturated heterocycles. The molecule has 0 unspecified atom stereocenters. The summed E-state index contributed by atoms with van der Waals surface area (Å²) in [6.45, 7) is 4.82. The summed E-state index contributed by atoms with van der Waals surface area (Å²) in [6, 6.07) is 3.09. The number of aryl methyl sites for hydroxylation is 1. The lowest BCUT2D eigenvalue weighted by Gasteiger charge is -2.22. The lowest BCUT2D eigenvalue weighted by Crippen LogP contribution is -2.33. The SMILES string of the molecule is CC(C)c1nc2n(n1)CCC[C@@H]2NS(=O)(=O)c1c[nH]c2ncccc12. The van der Waals surface area contributed by atoms with Crippen LogP contribution in [-0.2, 0) is 16.6 Å². The zero-order valence-electron chi connectivity index (χ0n) is 14.1. The summed E-state index contributed by atoms with van der Waals surface area (Å²) in [5.74, 6) is 1.64. The summed E-state index contributed by atoms with van der Waals surface area (Å²) in [7, 11) is -3.70. The quantitative estimate of drug-likeness (QED) is 0.741. The third-order valence-corrected chi connectivity index (χ3v) is 5.92. The highest BCUT2D eigenvalue weighted by Crippen LogP contribution is 2.28. The number of rotatable bonds is 4. The third-order valence-electron chi connectivity index (χ3n) is 4.41. The molecule has 132 valence electrons. The van der Waals surface area contributed by atoms with E-state index >= 15 is 0 Å². The fraction of sp³-hybridized carbons (Fsp3) is 0.438. The molecule has 8 nitrogen and oxygen atoms in total. The molecule has 0 amide bonds. The van der Waals surface area contributed by atoms with Crippen LogP contribution >= 0.6 is 0 Å². The number of nitrogens with zero attached hydrogens (tertiary/aromatic N) is 4. The van der Waals surface area contributed by atoms with E-state index in [1.54, 1.807) is 18.3 Å². The van der Waals surface area contributed by atoms with Gasteiger partial charge in [0.1, 0.15) is 16.4 Å². The Bertz CT molecular complexity index is 1020. The minimum atomic E-state index is -3.70. The van der Waals surface area contributed by atoms with Crippen molar-refractivity contribution in [2.24, 2.45) is 0 Å². The third kappa shape index (κ3) is 2.83. The maximum absolute atomic E-state index is 12.9. The van der Waals surface area contributed by atoms with Crippen LogP contribution in [0.15, 0.2) is 29.4 Å². The van der Waals surface area contributed by atoms with Crippen molar-refractivity contribution in [3.8, 4) is 0 Å². The van der Waals surface area contributed by atoms with E-state index in [0.29, 0.717) is 23.3 Å². The molecular formula is C16H20N6O2S. The van der Waals surface area contributed by atoms with Crippen molar-refractivity contribution in [2.75, 3.05) is 0 Å². The van der Waals surface area contributed by atoms with Crippen LogP contribution in [0.5, 0.6) is 0 Å². The highest BCUT2D eigenvalue weighted by molar-refractivity contribution is 7.89. The Morgan fingerprint density at radius 1 is 1.40 bits per heavy atom. The van der Waals surface area contributed by atoms with Gasteiger partial charge in [0.05, 0.1) is 6.04 Å². The lowest BCUT2D eigenvalue weighted by atomic mass is 10.1. The number of H-pyrrole nitrogens is 1. The first-order chi connectivity index (χ1) is 12.0. The average Bonchev–Trinajstić information content (AvgIpc) is 3.19. The molecule has 1 atom stereocenters. The summed E-state index contributed by atoms with van der Waals surface area (Å²) < 4.78 is 30.4. The molecule has 0 radical (unpaired) electrons. The largest absolute Gasteiger partial charge is 0.345 e. The first kappa shape index (κ1) is 16.2. The first-order valence-electron chi connectivity index (χ1n) is 8.35. The Balaban J connectivity index is 1.69. The Labute approximate surface area is 145 Å². The molecule has 0 aromatic carbocycles. The predicted octanol–water partition coefficient (Wildman–Crippen LogP) is 2.09. The van der Waals surface area contributed by atoms with E-state index < -0.39 is 10.0 Å². The number of hydrogen-bond donors (Lipinski definition) is 2. The maximum atomic E-state index is 12.9. The van der Waals surface area contributed by atoms with Gasteiger partial charge in [-0.05, 0) is 25.0 Å². The van der Waals surface area contributed by atoms with Gasteiger partial charge in [0.25, 0.3) is 0 Å². The minimum Gasteiger partial charge on any atom is -0.345 e. The van der Waals surface area contributed by atoms with Crippen molar-refractivity contribution >= 4 is 21.1 Å². The number of aromatic amines is 1. The van der Waals surface area contributed by atoms with Gasteiger partial charge in [-0.2, -0.15) is 5.10 Å². The van der Waals surface area contributed by atoms with Crippen LogP contribution < -0.4 is 4.72 Å². The van der Waals surface area contributed by atoms with E-state index in [9.17, 15) is 8.42 Å². The minimum absolute atomic E-state index is 0.204. The maximum Gasteiger partial charge on any atom is 0.243 e. The Hall–Kier alpha value is -2.26. The molecule has 0 spiro atoms. The van der Waals surface area contributed by atoms with Crippen LogP contribution in [0.1, 0.15) is 50.3 Å².